The molecule has 0 saturated carbocycles. The maximum absolute atomic E-state index is 4.11. The van der Waals surface area contributed by atoms with Gasteiger partial charge in [0, 0.05) is 0 Å². The van der Waals surface area contributed by atoms with Crippen molar-refractivity contribution in [3.8, 4) is 0 Å². The number of rotatable bonds is 6. The Labute approximate surface area is 114 Å². The van der Waals surface area contributed by atoms with Crippen molar-refractivity contribution in [2.45, 2.75) is 39.8 Å². The summed E-state index contributed by atoms with van der Waals surface area (Å²) in [5.41, 5.74) is 2.48. The fourth-order valence-electron chi connectivity index (χ4n) is 1.99. The minimum Gasteiger partial charge on any atom is -0.310 e. The molecule has 0 saturated heterocycles. The van der Waals surface area contributed by atoms with Crippen LogP contribution in [0.4, 0.5) is 0 Å². The normalized spacial score (nSPS) is 12.6. The first kappa shape index (κ1) is 13.7. The predicted octanol–water partition coefficient (Wildman–Crippen LogP) is 2.09. The average Bonchev–Trinajstić information content (AvgIpc) is 2.87. The van der Waals surface area contributed by atoms with Gasteiger partial charge in [0.2, 0.25) is 0 Å². The molecular weight excluding hydrogens is 238 g/mol. The van der Waals surface area contributed by atoms with Gasteiger partial charge in [-0.25, -0.2) is 4.68 Å². The van der Waals surface area contributed by atoms with Crippen LogP contribution >= 0.6 is 0 Å². The van der Waals surface area contributed by atoms with Crippen LogP contribution in [-0.4, -0.2) is 26.8 Å². The molecule has 1 unspecified atom stereocenters. The predicted molar refractivity (Wildman–Crippen MR) is 74.8 cm³/mol. The third-order valence-corrected chi connectivity index (χ3v) is 3.20. The van der Waals surface area contributed by atoms with E-state index >= 15 is 0 Å². The summed E-state index contributed by atoms with van der Waals surface area (Å²) in [6.07, 6.45) is 1.11. The summed E-state index contributed by atoms with van der Waals surface area (Å²) < 4.78 is 1.88. The first-order valence-corrected chi connectivity index (χ1v) is 6.76. The second kappa shape index (κ2) is 6.43. The number of hydrogen-bond acceptors (Lipinski definition) is 4. The van der Waals surface area contributed by atoms with Gasteiger partial charge in [-0.15, -0.1) is 5.10 Å². The zero-order chi connectivity index (χ0) is 13.7. The van der Waals surface area contributed by atoms with Crippen LogP contribution in [0.1, 0.15) is 43.3 Å². The Hall–Kier alpha value is -1.75. The Balaban J connectivity index is 2.12. The Morgan fingerprint density at radius 2 is 2.00 bits per heavy atom. The number of nitrogens with one attached hydrogen (secondary N) is 1. The third kappa shape index (κ3) is 3.38. The van der Waals surface area contributed by atoms with Crippen molar-refractivity contribution in [1.82, 2.24) is 25.5 Å². The molecule has 0 aliphatic heterocycles. The van der Waals surface area contributed by atoms with E-state index in [0.29, 0.717) is 6.54 Å². The summed E-state index contributed by atoms with van der Waals surface area (Å²) in [7, 11) is 0. The number of tetrazole rings is 1. The van der Waals surface area contributed by atoms with E-state index in [0.717, 1.165) is 18.8 Å². The van der Waals surface area contributed by atoms with E-state index in [9.17, 15) is 0 Å². The van der Waals surface area contributed by atoms with Crippen LogP contribution < -0.4 is 5.32 Å². The van der Waals surface area contributed by atoms with E-state index in [4.69, 9.17) is 0 Å². The molecule has 2 rings (SSSR count). The number of benzene rings is 1. The molecule has 0 aliphatic carbocycles. The molecule has 1 aromatic carbocycles. The molecule has 1 atom stereocenters. The van der Waals surface area contributed by atoms with Gasteiger partial charge >= 0.3 is 0 Å². The molecule has 0 spiro atoms. The van der Waals surface area contributed by atoms with Crippen LogP contribution in [0.15, 0.2) is 24.3 Å². The van der Waals surface area contributed by atoms with Crippen LogP contribution in [0, 0.1) is 6.92 Å². The minimum absolute atomic E-state index is 0.147. The monoisotopic (exact) mass is 259 g/mol. The Bertz CT molecular complexity index is 503. The zero-order valence-electron chi connectivity index (χ0n) is 11.8. The molecule has 1 N–H and O–H groups in total. The molecule has 0 bridgehead atoms. The lowest BCUT2D eigenvalue weighted by atomic mass is 10.1. The Kier molecular flexibility index (Phi) is 4.63. The fourth-order valence-corrected chi connectivity index (χ4v) is 1.99. The van der Waals surface area contributed by atoms with Gasteiger partial charge in [-0.2, -0.15) is 0 Å². The fraction of sp³-hybridized carbons (Fsp3) is 0.500. The molecule has 0 amide bonds. The first-order chi connectivity index (χ1) is 9.22. The molecule has 5 heteroatoms. The topological polar surface area (TPSA) is 55.6 Å². The maximum atomic E-state index is 4.11. The molecule has 0 radical (unpaired) electrons. The molecule has 102 valence electrons. The summed E-state index contributed by atoms with van der Waals surface area (Å²) in [5.74, 6) is 0.876. The molecule has 2 aromatic rings. The number of aryl methyl sites for hydroxylation is 1. The van der Waals surface area contributed by atoms with Gasteiger partial charge in [-0.3, -0.25) is 0 Å². The molecule has 0 aliphatic rings. The van der Waals surface area contributed by atoms with Crippen LogP contribution in [0.3, 0.4) is 0 Å². The Morgan fingerprint density at radius 1 is 1.26 bits per heavy atom. The van der Waals surface area contributed by atoms with E-state index in [1.165, 1.54) is 11.1 Å². The lowest BCUT2D eigenvalue weighted by Crippen LogP contribution is -2.20. The lowest BCUT2D eigenvalue weighted by molar-refractivity contribution is 0.505. The number of nitrogens with zero attached hydrogens (tertiary/aromatic N) is 4. The molecule has 1 heterocycles. The summed E-state index contributed by atoms with van der Waals surface area (Å²) >= 11 is 0. The van der Waals surface area contributed by atoms with Crippen LogP contribution in [-0.2, 0) is 6.54 Å². The molecular formula is C14H21N5. The maximum Gasteiger partial charge on any atom is 0.165 e. The summed E-state index contributed by atoms with van der Waals surface area (Å²) in [6, 6.07) is 8.64. The van der Waals surface area contributed by atoms with Crippen LogP contribution in [0.5, 0.6) is 0 Å². The SMILES string of the molecule is CCCNCc1nnnn1C(C)c1ccc(C)cc1. The van der Waals surface area contributed by atoms with Crippen molar-refractivity contribution in [1.29, 1.82) is 0 Å². The summed E-state index contributed by atoms with van der Waals surface area (Å²) in [5, 5.41) is 15.3. The molecule has 1 aromatic heterocycles. The molecule has 19 heavy (non-hydrogen) atoms. The average molecular weight is 259 g/mol. The van der Waals surface area contributed by atoms with Gasteiger partial charge in [-0.1, -0.05) is 36.8 Å². The van der Waals surface area contributed by atoms with Gasteiger partial charge in [0.25, 0.3) is 0 Å². The quantitative estimate of drug-likeness (QED) is 0.807. The van der Waals surface area contributed by atoms with Crippen LogP contribution in [0.25, 0.3) is 0 Å². The van der Waals surface area contributed by atoms with Crippen molar-refractivity contribution in [2.24, 2.45) is 0 Å². The summed E-state index contributed by atoms with van der Waals surface area (Å²) in [6.45, 7) is 8.03. The zero-order valence-corrected chi connectivity index (χ0v) is 11.8. The number of aromatic nitrogens is 4. The van der Waals surface area contributed by atoms with Crippen molar-refractivity contribution in [2.75, 3.05) is 6.54 Å². The van der Waals surface area contributed by atoms with Crippen LogP contribution in [0.2, 0.25) is 0 Å². The van der Waals surface area contributed by atoms with E-state index in [1.807, 2.05) is 4.68 Å². The molecule has 5 nitrogen and oxygen atoms in total. The van der Waals surface area contributed by atoms with Crippen molar-refractivity contribution in [3.05, 3.63) is 41.2 Å². The third-order valence-electron chi connectivity index (χ3n) is 3.20. The largest absolute Gasteiger partial charge is 0.310 e. The highest BCUT2D eigenvalue weighted by atomic mass is 15.6. The van der Waals surface area contributed by atoms with Gasteiger partial charge in [0.05, 0.1) is 12.6 Å². The lowest BCUT2D eigenvalue weighted by Gasteiger charge is -2.14. The Morgan fingerprint density at radius 3 is 2.68 bits per heavy atom. The smallest absolute Gasteiger partial charge is 0.165 e. The van der Waals surface area contributed by atoms with Crippen molar-refractivity contribution >= 4 is 0 Å². The first-order valence-electron chi connectivity index (χ1n) is 6.76. The van der Waals surface area contributed by atoms with E-state index in [-0.39, 0.29) is 6.04 Å². The second-order valence-corrected chi connectivity index (χ2v) is 4.80. The van der Waals surface area contributed by atoms with E-state index in [1.54, 1.807) is 0 Å². The van der Waals surface area contributed by atoms with Gasteiger partial charge < -0.3 is 5.32 Å². The summed E-state index contributed by atoms with van der Waals surface area (Å²) in [4.78, 5) is 0. The highest BCUT2D eigenvalue weighted by Crippen LogP contribution is 2.18. The van der Waals surface area contributed by atoms with Gasteiger partial charge in [0.1, 0.15) is 0 Å². The van der Waals surface area contributed by atoms with Gasteiger partial charge in [0.15, 0.2) is 5.82 Å². The molecule has 0 fully saturated rings. The van der Waals surface area contributed by atoms with E-state index in [2.05, 4.69) is 65.9 Å². The highest BCUT2D eigenvalue weighted by Gasteiger charge is 2.14. The van der Waals surface area contributed by atoms with Gasteiger partial charge in [-0.05, 0) is 42.8 Å². The highest BCUT2D eigenvalue weighted by molar-refractivity contribution is 5.24. The van der Waals surface area contributed by atoms with Crippen molar-refractivity contribution < 1.29 is 0 Å². The van der Waals surface area contributed by atoms with E-state index < -0.39 is 0 Å². The minimum atomic E-state index is 0.147. The second-order valence-electron chi connectivity index (χ2n) is 4.80. The number of hydrogen-bond donors (Lipinski definition) is 1. The van der Waals surface area contributed by atoms with Crippen molar-refractivity contribution in [3.63, 3.8) is 0 Å². The standard InChI is InChI=1S/C14H21N5/c1-4-9-15-10-14-16-17-18-19(14)12(3)13-7-5-11(2)6-8-13/h5-8,12,15H,4,9-10H2,1-3H3.